The molecule has 1 aromatic carbocycles. The summed E-state index contributed by atoms with van der Waals surface area (Å²) in [7, 11) is 0. The van der Waals surface area contributed by atoms with Gasteiger partial charge in [-0.15, -0.1) is 0 Å². The normalized spacial score (nSPS) is 15.6. The molecule has 0 radical (unpaired) electrons. The third-order valence-electron chi connectivity index (χ3n) is 5.16. The summed E-state index contributed by atoms with van der Waals surface area (Å²) in [5, 5.41) is 3.12. The standard InChI is InChI=1S/C23H26N4O2/c1-4-7-17(6-3)18-11-15(5-2)10-16(12-18)13-25-22-23(29)27-19(14-26-22)8-9-20(27)21(24)28/h4,6-7,10-12,14,20H,1,3,5,8-9,13H2,2H3,(H2,24,28)(H,25,26)/b17-7+. The van der Waals surface area contributed by atoms with E-state index in [0.717, 1.165) is 28.8 Å². The van der Waals surface area contributed by atoms with Gasteiger partial charge >= 0.3 is 0 Å². The third-order valence-corrected chi connectivity index (χ3v) is 5.16. The Kier molecular flexibility index (Phi) is 6.12. The van der Waals surface area contributed by atoms with Gasteiger partial charge in [0.25, 0.3) is 5.56 Å². The number of anilines is 1. The summed E-state index contributed by atoms with van der Waals surface area (Å²) in [6.45, 7) is 10.2. The van der Waals surface area contributed by atoms with E-state index < -0.39 is 11.9 Å². The Morgan fingerprint density at radius 2 is 2.10 bits per heavy atom. The highest BCUT2D eigenvalue weighted by Gasteiger charge is 2.28. The zero-order valence-electron chi connectivity index (χ0n) is 16.6. The first-order chi connectivity index (χ1) is 14.0. The number of allylic oxidation sites excluding steroid dienone is 4. The Morgan fingerprint density at radius 3 is 2.76 bits per heavy atom. The van der Waals surface area contributed by atoms with Gasteiger partial charge in [0.1, 0.15) is 6.04 Å². The van der Waals surface area contributed by atoms with Crippen molar-refractivity contribution in [3.05, 3.63) is 88.5 Å². The third kappa shape index (κ3) is 4.21. The van der Waals surface area contributed by atoms with E-state index in [2.05, 4.69) is 48.6 Å². The number of amides is 1. The van der Waals surface area contributed by atoms with Crippen LogP contribution in [0.25, 0.3) is 5.57 Å². The Hall–Kier alpha value is -3.41. The molecule has 0 spiro atoms. The maximum Gasteiger partial charge on any atom is 0.294 e. The molecule has 0 saturated carbocycles. The van der Waals surface area contributed by atoms with Crippen LogP contribution in [0.2, 0.25) is 0 Å². The van der Waals surface area contributed by atoms with Crippen LogP contribution in [0.3, 0.4) is 0 Å². The van der Waals surface area contributed by atoms with Crippen LogP contribution in [0.15, 0.2) is 60.6 Å². The first-order valence-electron chi connectivity index (χ1n) is 9.70. The monoisotopic (exact) mass is 390 g/mol. The number of hydrogen-bond acceptors (Lipinski definition) is 4. The fourth-order valence-electron chi connectivity index (χ4n) is 3.66. The molecule has 150 valence electrons. The van der Waals surface area contributed by atoms with Crippen molar-refractivity contribution in [2.24, 2.45) is 5.73 Å². The van der Waals surface area contributed by atoms with Crippen LogP contribution in [0.1, 0.15) is 41.8 Å². The number of carbonyl (C=O) groups is 1. The van der Waals surface area contributed by atoms with Crippen LogP contribution < -0.4 is 16.6 Å². The molecule has 0 aliphatic carbocycles. The van der Waals surface area contributed by atoms with Crippen molar-refractivity contribution < 1.29 is 4.79 Å². The molecule has 1 unspecified atom stereocenters. The summed E-state index contributed by atoms with van der Waals surface area (Å²) in [4.78, 5) is 28.8. The molecule has 1 amide bonds. The maximum absolute atomic E-state index is 12.8. The molecule has 0 fully saturated rings. The van der Waals surface area contributed by atoms with E-state index in [9.17, 15) is 9.59 Å². The van der Waals surface area contributed by atoms with Gasteiger partial charge in [-0.3, -0.25) is 14.2 Å². The fourth-order valence-corrected chi connectivity index (χ4v) is 3.66. The Morgan fingerprint density at radius 1 is 1.34 bits per heavy atom. The predicted octanol–water partition coefficient (Wildman–Crippen LogP) is 3.15. The van der Waals surface area contributed by atoms with Gasteiger partial charge in [-0.1, -0.05) is 50.4 Å². The number of nitrogens with one attached hydrogen (secondary N) is 1. The van der Waals surface area contributed by atoms with Crippen molar-refractivity contribution in [2.45, 2.75) is 38.8 Å². The van der Waals surface area contributed by atoms with E-state index in [1.807, 2.05) is 6.08 Å². The molecule has 1 atom stereocenters. The lowest BCUT2D eigenvalue weighted by Gasteiger charge is -2.14. The van der Waals surface area contributed by atoms with Crippen molar-refractivity contribution >= 4 is 17.3 Å². The van der Waals surface area contributed by atoms with E-state index in [-0.39, 0.29) is 11.4 Å². The second-order valence-electron chi connectivity index (χ2n) is 7.04. The highest BCUT2D eigenvalue weighted by atomic mass is 16.2. The lowest BCUT2D eigenvalue weighted by Crippen LogP contribution is -2.33. The number of aryl methyl sites for hydroxylation is 2. The van der Waals surface area contributed by atoms with Crippen LogP contribution in [0, 0.1) is 0 Å². The van der Waals surface area contributed by atoms with Crippen molar-refractivity contribution in [1.82, 2.24) is 9.55 Å². The molecule has 2 heterocycles. The second-order valence-corrected chi connectivity index (χ2v) is 7.04. The van der Waals surface area contributed by atoms with Crippen LogP contribution in [0.4, 0.5) is 5.82 Å². The average Bonchev–Trinajstić information content (AvgIpc) is 3.16. The van der Waals surface area contributed by atoms with Crippen molar-refractivity contribution in [1.29, 1.82) is 0 Å². The number of carbonyl (C=O) groups excluding carboxylic acids is 1. The number of primary amides is 1. The van der Waals surface area contributed by atoms with Gasteiger partial charge in [0, 0.05) is 18.4 Å². The summed E-state index contributed by atoms with van der Waals surface area (Å²) < 4.78 is 1.47. The lowest BCUT2D eigenvalue weighted by atomic mass is 9.98. The number of nitrogens with zero attached hydrogens (tertiary/aromatic N) is 2. The van der Waals surface area contributed by atoms with Crippen molar-refractivity contribution in [2.75, 3.05) is 5.32 Å². The number of nitrogens with two attached hydrogens (primary N) is 1. The minimum atomic E-state index is -0.602. The topological polar surface area (TPSA) is 90.0 Å². The number of benzene rings is 1. The van der Waals surface area contributed by atoms with Gasteiger partial charge in [0.05, 0.1) is 0 Å². The summed E-state index contributed by atoms with van der Waals surface area (Å²) in [6, 6.07) is 5.68. The van der Waals surface area contributed by atoms with Crippen molar-refractivity contribution in [3.63, 3.8) is 0 Å². The molecule has 6 heteroatoms. The second kappa shape index (κ2) is 8.73. The van der Waals surface area contributed by atoms with E-state index in [0.29, 0.717) is 19.4 Å². The Balaban J connectivity index is 1.89. The summed E-state index contributed by atoms with van der Waals surface area (Å²) >= 11 is 0. The summed E-state index contributed by atoms with van der Waals surface area (Å²) in [5.41, 5.74) is 10.1. The van der Waals surface area contributed by atoms with Crippen LogP contribution in [-0.4, -0.2) is 15.5 Å². The molecule has 2 aromatic rings. The minimum Gasteiger partial charge on any atom is -0.368 e. The van der Waals surface area contributed by atoms with Gasteiger partial charge in [-0.2, -0.15) is 0 Å². The van der Waals surface area contributed by atoms with Crippen molar-refractivity contribution in [3.8, 4) is 0 Å². The highest BCUT2D eigenvalue weighted by Crippen LogP contribution is 2.24. The first-order valence-corrected chi connectivity index (χ1v) is 9.70. The SMILES string of the molecule is C=C/C=C(\C=C)c1cc(CC)cc(CNc2ncc3n(c2=O)C(C(N)=O)CC3)c1. The van der Waals surface area contributed by atoms with E-state index in [1.165, 1.54) is 10.1 Å². The lowest BCUT2D eigenvalue weighted by molar-refractivity contribution is -0.121. The number of aromatic nitrogens is 2. The van der Waals surface area contributed by atoms with E-state index in [4.69, 9.17) is 5.73 Å². The summed E-state index contributed by atoms with van der Waals surface area (Å²) in [6.07, 6.45) is 9.14. The van der Waals surface area contributed by atoms with Gasteiger partial charge in [0.15, 0.2) is 5.82 Å². The molecule has 3 N–H and O–H groups in total. The smallest absolute Gasteiger partial charge is 0.294 e. The molecular weight excluding hydrogens is 364 g/mol. The van der Waals surface area contributed by atoms with Gasteiger partial charge < -0.3 is 11.1 Å². The van der Waals surface area contributed by atoms with Crippen LogP contribution in [0.5, 0.6) is 0 Å². The number of rotatable bonds is 8. The zero-order chi connectivity index (χ0) is 21.0. The Labute approximate surface area is 170 Å². The quantitative estimate of drug-likeness (QED) is 0.678. The van der Waals surface area contributed by atoms with Crippen LogP contribution >= 0.6 is 0 Å². The van der Waals surface area contributed by atoms with E-state index in [1.54, 1.807) is 18.3 Å². The molecule has 0 bridgehead atoms. The zero-order valence-corrected chi connectivity index (χ0v) is 16.6. The van der Waals surface area contributed by atoms with Crippen LogP contribution in [-0.2, 0) is 24.2 Å². The number of fused-ring (bicyclic) bond motifs is 1. The predicted molar refractivity (Wildman–Crippen MR) is 117 cm³/mol. The molecular formula is C23H26N4O2. The highest BCUT2D eigenvalue weighted by molar-refractivity contribution is 5.79. The molecule has 6 nitrogen and oxygen atoms in total. The molecule has 3 rings (SSSR count). The number of hydrogen-bond donors (Lipinski definition) is 2. The van der Waals surface area contributed by atoms with Gasteiger partial charge in [0.2, 0.25) is 5.91 Å². The summed E-state index contributed by atoms with van der Waals surface area (Å²) in [5.74, 6) is -0.273. The molecule has 29 heavy (non-hydrogen) atoms. The molecule has 1 aliphatic heterocycles. The minimum absolute atomic E-state index is 0.218. The first kappa shape index (κ1) is 20.3. The largest absolute Gasteiger partial charge is 0.368 e. The van der Waals surface area contributed by atoms with E-state index >= 15 is 0 Å². The Bertz CT molecular complexity index is 1050. The maximum atomic E-state index is 12.8. The average molecular weight is 390 g/mol. The molecule has 1 aliphatic rings. The van der Waals surface area contributed by atoms with Gasteiger partial charge in [-0.25, -0.2) is 4.98 Å². The molecule has 0 saturated heterocycles. The fraction of sp³-hybridized carbons (Fsp3) is 0.261. The van der Waals surface area contributed by atoms with Gasteiger partial charge in [-0.05, 0) is 47.6 Å². The molecule has 1 aromatic heterocycles.